The zero-order chi connectivity index (χ0) is 18.8. The van der Waals surface area contributed by atoms with Crippen molar-refractivity contribution in [2.45, 2.75) is 13.1 Å². The largest absolute Gasteiger partial charge is 0.375 e. The smallest absolute Gasteiger partial charge is 0.249 e. The van der Waals surface area contributed by atoms with Crippen molar-refractivity contribution in [2.24, 2.45) is 0 Å². The molecule has 2 rings (SSSR count). The first kappa shape index (κ1) is 19.9. The molecule has 0 atom stereocenters. The van der Waals surface area contributed by atoms with Gasteiger partial charge in [-0.1, -0.05) is 42.5 Å². The van der Waals surface area contributed by atoms with Gasteiger partial charge in [0.1, 0.15) is 13.2 Å². The summed E-state index contributed by atoms with van der Waals surface area (Å²) in [4.78, 5) is 29.4. The number of rotatable bonds is 10. The van der Waals surface area contributed by atoms with Crippen LogP contribution in [0.5, 0.6) is 0 Å². The van der Waals surface area contributed by atoms with E-state index in [9.17, 15) is 9.59 Å². The topological polar surface area (TPSA) is 49.9 Å². The number of hydrogen-bond donors (Lipinski definition) is 0. The Labute approximate surface area is 158 Å². The molecule has 0 saturated carbocycles. The van der Waals surface area contributed by atoms with Gasteiger partial charge in [0, 0.05) is 25.1 Å². The van der Waals surface area contributed by atoms with Crippen molar-refractivity contribution < 1.29 is 14.3 Å². The van der Waals surface area contributed by atoms with Gasteiger partial charge in [-0.2, -0.15) is 0 Å². The van der Waals surface area contributed by atoms with Crippen LogP contribution < -0.4 is 0 Å². The van der Waals surface area contributed by atoms with E-state index in [-0.39, 0.29) is 25.0 Å². The highest BCUT2D eigenvalue weighted by Gasteiger charge is 2.21. The van der Waals surface area contributed by atoms with Crippen molar-refractivity contribution in [3.8, 4) is 0 Å². The molecule has 2 amide bonds. The van der Waals surface area contributed by atoms with Crippen LogP contribution >= 0.6 is 11.3 Å². The van der Waals surface area contributed by atoms with Crippen LogP contribution in [0.3, 0.4) is 0 Å². The lowest BCUT2D eigenvalue weighted by Crippen LogP contribution is -2.43. The highest BCUT2D eigenvalue weighted by molar-refractivity contribution is 7.09. The molecule has 2 aromatic rings. The summed E-state index contributed by atoms with van der Waals surface area (Å²) in [6, 6.07) is 13.8. The molecule has 6 heteroatoms. The second-order valence-corrected chi connectivity index (χ2v) is 6.84. The van der Waals surface area contributed by atoms with Gasteiger partial charge in [-0.15, -0.1) is 17.9 Å². The number of benzene rings is 1. The summed E-state index contributed by atoms with van der Waals surface area (Å²) in [7, 11) is 1.46. The quantitative estimate of drug-likeness (QED) is 0.603. The molecule has 0 aliphatic carbocycles. The minimum atomic E-state index is -0.225. The van der Waals surface area contributed by atoms with E-state index >= 15 is 0 Å². The average Bonchev–Trinajstić information content (AvgIpc) is 3.15. The van der Waals surface area contributed by atoms with E-state index in [0.717, 1.165) is 10.4 Å². The molecule has 0 unspecified atom stereocenters. The molecule has 0 fully saturated rings. The fraction of sp³-hybridized carbons (Fsp3) is 0.300. The zero-order valence-electron chi connectivity index (χ0n) is 15.0. The minimum Gasteiger partial charge on any atom is -0.375 e. The van der Waals surface area contributed by atoms with Crippen LogP contribution in [0.15, 0.2) is 60.5 Å². The Hall–Kier alpha value is -2.44. The van der Waals surface area contributed by atoms with Gasteiger partial charge in [-0.3, -0.25) is 9.59 Å². The van der Waals surface area contributed by atoms with Gasteiger partial charge in [0.05, 0.1) is 6.54 Å². The van der Waals surface area contributed by atoms with Crippen molar-refractivity contribution in [2.75, 3.05) is 26.8 Å². The summed E-state index contributed by atoms with van der Waals surface area (Å²) >= 11 is 1.61. The van der Waals surface area contributed by atoms with Gasteiger partial charge < -0.3 is 14.5 Å². The molecular weight excluding hydrogens is 348 g/mol. The minimum absolute atomic E-state index is 0.00637. The number of carbonyl (C=O) groups excluding carboxylic acids is 2. The molecule has 5 nitrogen and oxygen atoms in total. The SMILES string of the molecule is C=CCN(CC(=O)N(Cc1ccccc1)Cc1cccs1)C(=O)COC. The Bertz CT molecular complexity index is 701. The summed E-state index contributed by atoms with van der Waals surface area (Å²) < 4.78 is 4.91. The molecule has 138 valence electrons. The highest BCUT2D eigenvalue weighted by Crippen LogP contribution is 2.15. The summed E-state index contributed by atoms with van der Waals surface area (Å²) in [6.07, 6.45) is 1.61. The monoisotopic (exact) mass is 372 g/mol. The third-order valence-electron chi connectivity index (χ3n) is 3.79. The van der Waals surface area contributed by atoms with Crippen molar-refractivity contribution >= 4 is 23.2 Å². The molecule has 26 heavy (non-hydrogen) atoms. The van der Waals surface area contributed by atoms with E-state index in [1.165, 1.54) is 12.0 Å². The fourth-order valence-electron chi connectivity index (χ4n) is 2.52. The van der Waals surface area contributed by atoms with E-state index in [1.54, 1.807) is 22.3 Å². The van der Waals surface area contributed by atoms with Gasteiger partial charge in [-0.25, -0.2) is 0 Å². The van der Waals surface area contributed by atoms with Crippen molar-refractivity contribution in [3.63, 3.8) is 0 Å². The molecule has 0 aliphatic heterocycles. The first-order valence-corrected chi connectivity index (χ1v) is 9.23. The summed E-state index contributed by atoms with van der Waals surface area (Å²) in [5, 5.41) is 1.99. The molecule has 0 aliphatic rings. The lowest BCUT2D eigenvalue weighted by molar-refractivity contribution is -0.142. The maximum Gasteiger partial charge on any atom is 0.249 e. The summed E-state index contributed by atoms with van der Waals surface area (Å²) in [6.45, 7) is 4.95. The normalized spacial score (nSPS) is 10.3. The highest BCUT2D eigenvalue weighted by atomic mass is 32.1. The van der Waals surface area contributed by atoms with Crippen LogP contribution in [-0.2, 0) is 27.4 Å². The molecule has 1 heterocycles. The Morgan fingerprint density at radius 1 is 1.08 bits per heavy atom. The number of methoxy groups -OCH3 is 1. The number of amides is 2. The molecule has 0 saturated heterocycles. The van der Waals surface area contributed by atoms with Crippen LogP contribution in [0.4, 0.5) is 0 Å². The van der Waals surface area contributed by atoms with E-state index in [1.807, 2.05) is 47.8 Å². The van der Waals surface area contributed by atoms with E-state index < -0.39 is 0 Å². The number of thiophene rings is 1. The zero-order valence-corrected chi connectivity index (χ0v) is 15.8. The number of nitrogens with zero attached hydrogens (tertiary/aromatic N) is 2. The second kappa shape index (κ2) is 10.5. The van der Waals surface area contributed by atoms with Crippen LogP contribution in [0.25, 0.3) is 0 Å². The predicted octanol–water partition coefficient (Wildman–Crippen LogP) is 2.94. The van der Waals surface area contributed by atoms with E-state index in [2.05, 4.69) is 6.58 Å². The summed E-state index contributed by atoms with van der Waals surface area (Å²) in [5.41, 5.74) is 1.05. The molecular formula is C20H24N2O3S. The predicted molar refractivity (Wildman–Crippen MR) is 104 cm³/mol. The Balaban J connectivity index is 2.12. The van der Waals surface area contributed by atoms with Crippen molar-refractivity contribution in [3.05, 3.63) is 70.9 Å². The molecule has 0 bridgehead atoms. The van der Waals surface area contributed by atoms with Crippen LogP contribution in [0, 0.1) is 0 Å². The van der Waals surface area contributed by atoms with Crippen LogP contribution in [0.2, 0.25) is 0 Å². The van der Waals surface area contributed by atoms with Crippen molar-refractivity contribution in [1.82, 2.24) is 9.80 Å². The van der Waals surface area contributed by atoms with Gasteiger partial charge in [0.25, 0.3) is 0 Å². The Morgan fingerprint density at radius 2 is 1.85 bits per heavy atom. The average molecular weight is 372 g/mol. The van der Waals surface area contributed by atoms with Crippen molar-refractivity contribution in [1.29, 1.82) is 0 Å². The Morgan fingerprint density at radius 3 is 2.46 bits per heavy atom. The lowest BCUT2D eigenvalue weighted by Gasteiger charge is -2.27. The molecule has 1 aromatic heterocycles. The van der Waals surface area contributed by atoms with E-state index in [0.29, 0.717) is 19.6 Å². The third kappa shape index (κ3) is 6.13. The third-order valence-corrected chi connectivity index (χ3v) is 4.65. The maximum atomic E-state index is 12.9. The molecule has 0 spiro atoms. The van der Waals surface area contributed by atoms with Gasteiger partial charge in [0.15, 0.2) is 0 Å². The molecule has 0 N–H and O–H groups in total. The number of carbonyl (C=O) groups is 2. The van der Waals surface area contributed by atoms with Gasteiger partial charge >= 0.3 is 0 Å². The first-order chi connectivity index (χ1) is 12.6. The Kier molecular flexibility index (Phi) is 8.05. The maximum absolute atomic E-state index is 12.9. The van der Waals surface area contributed by atoms with Gasteiger partial charge in [-0.05, 0) is 17.0 Å². The van der Waals surface area contributed by atoms with Gasteiger partial charge in [0.2, 0.25) is 11.8 Å². The second-order valence-electron chi connectivity index (χ2n) is 5.81. The van der Waals surface area contributed by atoms with Crippen LogP contribution in [-0.4, -0.2) is 48.4 Å². The lowest BCUT2D eigenvalue weighted by atomic mass is 10.2. The molecule has 1 aromatic carbocycles. The number of hydrogen-bond acceptors (Lipinski definition) is 4. The fourth-order valence-corrected chi connectivity index (χ4v) is 3.23. The van der Waals surface area contributed by atoms with Crippen LogP contribution in [0.1, 0.15) is 10.4 Å². The first-order valence-electron chi connectivity index (χ1n) is 8.35. The number of ether oxygens (including phenoxy) is 1. The molecule has 0 radical (unpaired) electrons. The standard InChI is InChI=1S/C20H24N2O3S/c1-3-11-21(20(24)16-25-2)15-19(23)22(14-18-10-7-12-26-18)13-17-8-5-4-6-9-17/h3-10,12H,1,11,13-16H2,2H3. The summed E-state index contributed by atoms with van der Waals surface area (Å²) in [5.74, 6) is -0.329. The van der Waals surface area contributed by atoms with E-state index in [4.69, 9.17) is 4.74 Å².